The predicted molar refractivity (Wildman–Crippen MR) is 377 cm³/mol. The smallest absolute Gasteiger partial charge is 0.331 e. The Kier molecular flexibility index (Phi) is 37.6. The molecule has 0 aliphatic carbocycles. The Bertz CT molecular complexity index is 2320. The molecule has 98 heavy (non-hydrogen) atoms. The number of carbonyl (C=O) groups is 2. The van der Waals surface area contributed by atoms with Gasteiger partial charge in [-0.2, -0.15) is 0 Å². The molecule has 0 spiro atoms. The lowest BCUT2D eigenvalue weighted by Gasteiger charge is -2.38. The molecule has 30 atom stereocenters. The molecule has 4 unspecified atom stereocenters. The van der Waals surface area contributed by atoms with Gasteiger partial charge in [-0.15, -0.1) is 0 Å². The van der Waals surface area contributed by atoms with Crippen LogP contribution in [-0.4, -0.2) is 216 Å². The fourth-order valence-electron chi connectivity index (χ4n) is 15.3. The Labute approximate surface area is 587 Å². The van der Waals surface area contributed by atoms with E-state index in [0.29, 0.717) is 62.5 Å². The lowest BCUT2D eigenvalue weighted by molar-refractivity contribution is -0.158. The number of hydrogen-bond acceptors (Lipinski definition) is 20. The van der Waals surface area contributed by atoms with E-state index in [0.717, 1.165) is 25.7 Å². The van der Waals surface area contributed by atoms with E-state index in [4.69, 9.17) is 47.4 Å². The predicted octanol–water partition coefficient (Wildman–Crippen LogP) is 10.1. The van der Waals surface area contributed by atoms with E-state index < -0.39 is 133 Å². The van der Waals surface area contributed by atoms with Gasteiger partial charge in [0.05, 0.1) is 122 Å². The van der Waals surface area contributed by atoms with Gasteiger partial charge in [-0.3, -0.25) is 0 Å². The first-order valence-electron chi connectivity index (χ1n) is 37.1. The van der Waals surface area contributed by atoms with Crippen LogP contribution in [0.25, 0.3) is 0 Å². The van der Waals surface area contributed by atoms with Gasteiger partial charge in [0.15, 0.2) is 0 Å². The molecule has 0 aromatic heterocycles. The Morgan fingerprint density at radius 1 is 0.449 bits per heavy atom. The second kappa shape index (κ2) is 43.1. The second-order valence-corrected chi connectivity index (χ2v) is 30.3. The van der Waals surface area contributed by atoms with Crippen LogP contribution in [0.15, 0.2) is 71.9 Å². The Morgan fingerprint density at radius 3 is 1.15 bits per heavy atom. The topological polar surface area (TPSA) is 288 Å². The third kappa shape index (κ3) is 28.1. The van der Waals surface area contributed by atoms with E-state index in [1.807, 2.05) is 106 Å². The lowest BCUT2D eigenvalue weighted by Crippen LogP contribution is -2.45. The third-order valence-electron chi connectivity index (χ3n) is 22.3. The van der Waals surface area contributed by atoms with Gasteiger partial charge in [-0.1, -0.05) is 115 Å². The van der Waals surface area contributed by atoms with Gasteiger partial charge in [0, 0.05) is 102 Å². The number of esters is 2. The zero-order valence-corrected chi connectivity index (χ0v) is 62.3. The molecule has 564 valence electrons. The summed E-state index contributed by atoms with van der Waals surface area (Å²) in [6.45, 7) is 22.5. The fraction of sp³-hybridized carbons (Fsp3) is 0.821. The molecule has 0 amide bonds. The quantitative estimate of drug-likeness (QED) is 0.0527. The van der Waals surface area contributed by atoms with Gasteiger partial charge in [0.1, 0.15) is 12.2 Å². The maximum Gasteiger partial charge on any atom is 0.331 e. The second-order valence-electron chi connectivity index (χ2n) is 30.3. The van der Waals surface area contributed by atoms with Crippen LogP contribution in [0, 0.1) is 47.3 Å². The molecular formula is C78H132O20. The van der Waals surface area contributed by atoms with Crippen molar-refractivity contribution in [3.05, 3.63) is 71.9 Å². The van der Waals surface area contributed by atoms with E-state index in [-0.39, 0.29) is 99.2 Å². The first kappa shape index (κ1) is 85.4. The van der Waals surface area contributed by atoms with Crippen LogP contribution in [-0.2, 0) is 57.0 Å². The number of hydrogen-bond donors (Lipinski definition) is 8. The largest absolute Gasteiger partial charge is 0.458 e. The number of methoxy groups -OCH3 is 4. The summed E-state index contributed by atoms with van der Waals surface area (Å²) in [5.74, 6) is -5.50. The molecule has 0 radical (unpaired) electrons. The first-order valence-corrected chi connectivity index (χ1v) is 37.1. The number of allylic oxidation sites excluding steroid dienone is 4. The number of rotatable bonds is 16. The van der Waals surface area contributed by atoms with Gasteiger partial charge in [-0.25, -0.2) is 9.59 Å². The first-order chi connectivity index (χ1) is 46.4. The summed E-state index contributed by atoms with van der Waals surface area (Å²) >= 11 is 0. The monoisotopic (exact) mass is 1390 g/mol. The Balaban J connectivity index is 1.36. The minimum absolute atomic E-state index is 0.0293. The van der Waals surface area contributed by atoms with E-state index in [1.54, 1.807) is 54.4 Å². The Hall–Kier alpha value is -3.26. The molecule has 0 aromatic carbocycles. The molecule has 0 aromatic rings. The number of fused-ring (bicyclic) bond motifs is 4. The van der Waals surface area contributed by atoms with Crippen LogP contribution < -0.4 is 0 Å². The SMILES string of the molecule is CO[C@H]1C[C@H](CC[C@H](C)[C@H](O)[C@H](C)C2OC(=O)/C=C/C(C)=C/C[C@@H](O)C[C@@H]3C=CCC(C[C@H](OC)[C@@H](C)[C@@H](O)C[C@@H](O)[C@@H](C)C([C@@H](C)[C@@H](O)[C@@H](C)CC[C@H]4C[C@H](OC)C[C@H](C)O4)OC(=O)/C=C/C(C)=C/C[C@H](O)C[C@@H]4C=CCC(C[C@H](OC)[C@@H](C)[C@H](O)C[C@@H](O)[C@H]2C)O4)O3)O[C@@H](C)C1. The van der Waals surface area contributed by atoms with Crippen LogP contribution in [0.3, 0.4) is 0 Å². The molecule has 5 rings (SSSR count). The van der Waals surface area contributed by atoms with Crippen LogP contribution >= 0.6 is 0 Å². The molecule has 4 bridgehead atoms. The van der Waals surface area contributed by atoms with Crippen LogP contribution in [0.1, 0.15) is 199 Å². The molecule has 5 aliphatic rings. The highest BCUT2D eigenvalue weighted by Crippen LogP contribution is 2.37. The molecule has 8 N–H and O–H groups in total. The summed E-state index contributed by atoms with van der Waals surface area (Å²) < 4.78 is 61.3. The number of cyclic esters (lactones) is 2. The van der Waals surface area contributed by atoms with Crippen molar-refractivity contribution in [1.82, 2.24) is 0 Å². The average Bonchev–Trinajstić information content (AvgIpc) is 0.853. The van der Waals surface area contributed by atoms with E-state index in [2.05, 4.69) is 0 Å². The lowest BCUT2D eigenvalue weighted by atomic mass is 9.78. The van der Waals surface area contributed by atoms with Gasteiger partial charge in [0.25, 0.3) is 0 Å². The number of aliphatic hydroxyl groups is 8. The summed E-state index contributed by atoms with van der Waals surface area (Å²) in [6.07, 6.45) is 14.1. The summed E-state index contributed by atoms with van der Waals surface area (Å²) in [5, 5.41) is 94.4. The van der Waals surface area contributed by atoms with Crippen molar-refractivity contribution in [3.63, 3.8) is 0 Å². The summed E-state index contributed by atoms with van der Waals surface area (Å²) in [5.41, 5.74) is 1.39. The summed E-state index contributed by atoms with van der Waals surface area (Å²) in [7, 11) is 6.58. The minimum atomic E-state index is -1.16. The van der Waals surface area contributed by atoms with Crippen molar-refractivity contribution >= 4 is 11.9 Å². The van der Waals surface area contributed by atoms with Crippen molar-refractivity contribution in [2.24, 2.45) is 47.3 Å². The molecule has 20 heteroatoms. The Morgan fingerprint density at radius 2 is 0.806 bits per heavy atom. The minimum Gasteiger partial charge on any atom is -0.458 e. The van der Waals surface area contributed by atoms with Crippen LogP contribution in [0.2, 0.25) is 0 Å². The average molecular weight is 1390 g/mol. The van der Waals surface area contributed by atoms with E-state index >= 15 is 0 Å². The van der Waals surface area contributed by atoms with Crippen molar-refractivity contribution < 1.29 is 97.8 Å². The van der Waals surface area contributed by atoms with Crippen molar-refractivity contribution in [3.8, 4) is 0 Å². The number of carbonyl (C=O) groups excluding carboxylic acids is 2. The van der Waals surface area contributed by atoms with Crippen molar-refractivity contribution in [1.29, 1.82) is 0 Å². The maximum absolute atomic E-state index is 13.9. The highest BCUT2D eigenvalue weighted by Gasteiger charge is 2.42. The summed E-state index contributed by atoms with van der Waals surface area (Å²) in [4.78, 5) is 27.8. The third-order valence-corrected chi connectivity index (χ3v) is 22.3. The standard InChI is InChI=1S/C78H132O20/c1-45-23-29-57(79)37-59-19-17-21-61(95-59)41-71(91-15)52(8)68(82)44-70(84)54(10)78(56(12)76(88)48(4)28-32-64-40-66(90-14)36-50(6)94-64)98-74(86)34-26-46(2)24-30-58(80)38-60-20-18-22-62(96-60)42-72(92-16)51(7)67(81)43-69(83)53(9)77(97-73(85)33-25-45)55(11)75(87)47(3)27-31-63-39-65(89-13)35-49(5)93-63/h17-20,23-26,33-34,47-72,75-84,87-88H,21-22,27-32,35-44H2,1-16H3/b33-25+,34-26+,45-23+,46-24+/t47-,48-,49-,50-,51-,52-,53+,54+,55-,56-,57-,58+,59-,60-,61?,62?,63-,64-,65+,66+,67-,68+,69+,70+,71-,72-,75-,76-,77?,78?/m0/s1. The van der Waals surface area contributed by atoms with Crippen LogP contribution in [0.5, 0.6) is 0 Å². The van der Waals surface area contributed by atoms with E-state index in [1.165, 1.54) is 12.2 Å². The molecule has 5 heterocycles. The number of aliphatic hydroxyl groups excluding tert-OH is 8. The zero-order valence-electron chi connectivity index (χ0n) is 62.3. The normalized spacial score (nSPS) is 41.1. The van der Waals surface area contributed by atoms with Crippen molar-refractivity contribution in [2.45, 2.75) is 333 Å². The molecule has 2 saturated heterocycles. The summed E-state index contributed by atoms with van der Waals surface area (Å²) in [6, 6.07) is 0. The number of ether oxygens (including phenoxy) is 10. The maximum atomic E-state index is 13.9. The van der Waals surface area contributed by atoms with Crippen LogP contribution in [0.4, 0.5) is 0 Å². The molecule has 0 saturated carbocycles. The van der Waals surface area contributed by atoms with Gasteiger partial charge >= 0.3 is 11.9 Å². The molecule has 2 fully saturated rings. The van der Waals surface area contributed by atoms with E-state index in [9.17, 15) is 50.4 Å². The van der Waals surface area contributed by atoms with Crippen molar-refractivity contribution in [2.75, 3.05) is 28.4 Å². The zero-order chi connectivity index (χ0) is 72.5. The highest BCUT2D eigenvalue weighted by molar-refractivity contribution is 5.83. The highest BCUT2D eigenvalue weighted by atomic mass is 16.6. The molecule has 20 nitrogen and oxygen atoms in total. The fourth-order valence-corrected chi connectivity index (χ4v) is 15.3. The molecule has 5 aliphatic heterocycles. The van der Waals surface area contributed by atoms with Gasteiger partial charge in [-0.05, 0) is 129 Å². The van der Waals surface area contributed by atoms with Gasteiger partial charge in [0.2, 0.25) is 0 Å². The van der Waals surface area contributed by atoms with Gasteiger partial charge < -0.3 is 88.2 Å². The molecular weight excluding hydrogens is 1260 g/mol.